The van der Waals surface area contributed by atoms with Gasteiger partial charge in [-0.15, -0.1) is 12.4 Å². The summed E-state index contributed by atoms with van der Waals surface area (Å²) in [6, 6.07) is 6.66. The van der Waals surface area contributed by atoms with Crippen LogP contribution in [0.2, 0.25) is 0 Å². The van der Waals surface area contributed by atoms with Crippen molar-refractivity contribution >= 4 is 29.9 Å². The highest BCUT2D eigenvalue weighted by molar-refractivity contribution is 5.95. The molecule has 4 N–H and O–H groups in total. The maximum Gasteiger partial charge on any atom is 0.243 e. The zero-order chi connectivity index (χ0) is 17.5. The molecule has 8 heteroatoms. The third kappa shape index (κ3) is 6.13. The molecule has 0 fully saturated rings. The predicted molar refractivity (Wildman–Crippen MR) is 99.2 cm³/mol. The highest BCUT2D eigenvalue weighted by Gasteiger charge is 2.17. The van der Waals surface area contributed by atoms with Crippen LogP contribution in [0.5, 0.6) is 0 Å². The Hall–Kier alpha value is -2.51. The molecule has 0 saturated carbocycles. The number of hydrogen-bond acceptors (Lipinski definition) is 5. The Bertz CT molecular complexity index is 692. The van der Waals surface area contributed by atoms with Crippen molar-refractivity contribution in [3.8, 4) is 11.1 Å². The van der Waals surface area contributed by atoms with Crippen LogP contribution in [-0.2, 0) is 9.59 Å². The summed E-state index contributed by atoms with van der Waals surface area (Å²) in [7, 11) is 0. The molecule has 0 radical (unpaired) electrons. The average Bonchev–Trinajstić information content (AvgIpc) is 2.60. The van der Waals surface area contributed by atoms with E-state index in [1.54, 1.807) is 24.5 Å². The van der Waals surface area contributed by atoms with Gasteiger partial charge in [0.2, 0.25) is 11.8 Å². The molecule has 0 unspecified atom stereocenters. The summed E-state index contributed by atoms with van der Waals surface area (Å²) in [6.45, 7) is 3.58. The molecule has 0 aliphatic rings. The summed E-state index contributed by atoms with van der Waals surface area (Å²) in [4.78, 5) is 31.5. The van der Waals surface area contributed by atoms with Crippen LogP contribution in [0, 0.1) is 5.92 Å². The highest BCUT2D eigenvalue weighted by atomic mass is 35.5. The largest absolute Gasteiger partial charge is 0.346 e. The maximum absolute atomic E-state index is 11.9. The first-order valence-corrected chi connectivity index (χ1v) is 7.66. The quantitative estimate of drug-likeness (QED) is 0.722. The van der Waals surface area contributed by atoms with Gasteiger partial charge < -0.3 is 16.4 Å². The zero-order valence-electron chi connectivity index (χ0n) is 14.1. The molecule has 0 spiro atoms. The van der Waals surface area contributed by atoms with Crippen molar-refractivity contribution in [2.45, 2.75) is 19.9 Å². The van der Waals surface area contributed by atoms with Crippen molar-refractivity contribution in [2.75, 3.05) is 11.9 Å². The second kappa shape index (κ2) is 9.71. The fourth-order valence-electron chi connectivity index (χ4n) is 1.99. The van der Waals surface area contributed by atoms with Crippen molar-refractivity contribution < 1.29 is 9.59 Å². The lowest BCUT2D eigenvalue weighted by Crippen LogP contribution is -2.46. The Balaban J connectivity index is 0.00000312. The van der Waals surface area contributed by atoms with Gasteiger partial charge in [-0.05, 0) is 23.6 Å². The number of carbonyl (C=O) groups excluding carboxylic acids is 2. The lowest BCUT2D eigenvalue weighted by molar-refractivity contribution is -0.125. The number of carbonyl (C=O) groups is 2. The summed E-state index contributed by atoms with van der Waals surface area (Å²) in [6.07, 6.45) is 4.90. The van der Waals surface area contributed by atoms with Gasteiger partial charge in [-0.1, -0.05) is 26.0 Å². The van der Waals surface area contributed by atoms with Crippen LogP contribution < -0.4 is 16.4 Å². The Labute approximate surface area is 152 Å². The second-order valence-electron chi connectivity index (χ2n) is 5.74. The van der Waals surface area contributed by atoms with Gasteiger partial charge in [-0.3, -0.25) is 9.59 Å². The van der Waals surface area contributed by atoms with Crippen molar-refractivity contribution in [1.29, 1.82) is 0 Å². The van der Waals surface area contributed by atoms with Crippen LogP contribution in [0.15, 0.2) is 43.0 Å². The van der Waals surface area contributed by atoms with Crippen molar-refractivity contribution in [1.82, 2.24) is 15.3 Å². The second-order valence-corrected chi connectivity index (χ2v) is 5.74. The van der Waals surface area contributed by atoms with Crippen LogP contribution in [-0.4, -0.2) is 34.4 Å². The van der Waals surface area contributed by atoms with Crippen molar-refractivity contribution in [3.63, 3.8) is 0 Å². The molecule has 0 aliphatic carbocycles. The molecule has 0 saturated heterocycles. The highest BCUT2D eigenvalue weighted by Crippen LogP contribution is 2.19. The maximum atomic E-state index is 11.9. The minimum absolute atomic E-state index is 0. The van der Waals surface area contributed by atoms with E-state index in [9.17, 15) is 9.59 Å². The molecule has 25 heavy (non-hydrogen) atoms. The summed E-state index contributed by atoms with van der Waals surface area (Å²) < 4.78 is 0. The van der Waals surface area contributed by atoms with Crippen molar-refractivity contribution in [3.05, 3.63) is 43.0 Å². The molecule has 7 nitrogen and oxygen atoms in total. The lowest BCUT2D eigenvalue weighted by atomic mass is 10.1. The molecule has 2 aromatic rings. The van der Waals surface area contributed by atoms with Crippen LogP contribution in [0.3, 0.4) is 0 Å². The number of hydrogen-bond donors (Lipinski definition) is 3. The smallest absolute Gasteiger partial charge is 0.243 e. The number of nitrogens with two attached hydrogens (primary N) is 1. The van der Waals surface area contributed by atoms with E-state index in [1.165, 1.54) is 6.33 Å². The predicted octanol–water partition coefficient (Wildman–Crippen LogP) is 1.60. The third-order valence-electron chi connectivity index (χ3n) is 3.51. The SMILES string of the molecule is CC(C)[C@H](N)C(=O)NCC(=O)Nc1ccc(-c2cncnc2)cc1.Cl. The number of amides is 2. The summed E-state index contributed by atoms with van der Waals surface area (Å²) in [5.74, 6) is -0.628. The van der Waals surface area contributed by atoms with Crippen LogP contribution >= 0.6 is 12.4 Å². The number of nitrogens with zero attached hydrogens (tertiary/aromatic N) is 2. The van der Waals surface area contributed by atoms with Gasteiger partial charge in [-0.25, -0.2) is 9.97 Å². The number of rotatable bonds is 6. The topological polar surface area (TPSA) is 110 Å². The number of benzene rings is 1. The zero-order valence-corrected chi connectivity index (χ0v) is 14.9. The average molecular weight is 364 g/mol. The van der Waals surface area contributed by atoms with E-state index in [4.69, 9.17) is 5.73 Å². The van der Waals surface area contributed by atoms with Crippen LogP contribution in [0.4, 0.5) is 5.69 Å². The van der Waals surface area contributed by atoms with E-state index in [2.05, 4.69) is 20.6 Å². The van der Waals surface area contributed by atoms with Gasteiger partial charge in [0.05, 0.1) is 12.6 Å². The van der Waals surface area contributed by atoms with E-state index in [0.29, 0.717) is 5.69 Å². The van der Waals surface area contributed by atoms with Crippen LogP contribution in [0.1, 0.15) is 13.8 Å². The Morgan fingerprint density at radius 2 is 1.68 bits per heavy atom. The minimum atomic E-state index is -0.620. The van der Waals surface area contributed by atoms with Gasteiger partial charge in [0.1, 0.15) is 6.33 Å². The molecule has 0 bridgehead atoms. The molecule has 2 amide bonds. The minimum Gasteiger partial charge on any atom is -0.346 e. The first-order chi connectivity index (χ1) is 11.5. The normalized spacial score (nSPS) is 11.4. The first-order valence-electron chi connectivity index (χ1n) is 7.66. The molecule has 1 aromatic carbocycles. The third-order valence-corrected chi connectivity index (χ3v) is 3.51. The number of aromatic nitrogens is 2. The summed E-state index contributed by atoms with van der Waals surface area (Å²) >= 11 is 0. The first kappa shape index (κ1) is 20.5. The molecular formula is C17H22ClN5O2. The van der Waals surface area contributed by atoms with Gasteiger partial charge in [0.15, 0.2) is 0 Å². The fourth-order valence-corrected chi connectivity index (χ4v) is 1.99. The van der Waals surface area contributed by atoms with Gasteiger partial charge in [-0.2, -0.15) is 0 Å². The lowest BCUT2D eigenvalue weighted by Gasteiger charge is -2.15. The van der Waals surface area contributed by atoms with Crippen LogP contribution in [0.25, 0.3) is 11.1 Å². The van der Waals surface area contributed by atoms with E-state index in [1.807, 2.05) is 26.0 Å². The standard InChI is InChI=1S/C17H21N5O2.ClH/c1-11(2)16(18)17(24)21-9-15(23)22-14-5-3-12(4-6-14)13-7-19-10-20-8-13;/h3-8,10-11,16H,9,18H2,1-2H3,(H,21,24)(H,22,23);1H/t16-;/m0./s1. The van der Waals surface area contributed by atoms with E-state index < -0.39 is 6.04 Å². The Morgan fingerprint density at radius 3 is 2.24 bits per heavy atom. The Kier molecular flexibility index (Phi) is 7.97. The number of halogens is 1. The monoisotopic (exact) mass is 363 g/mol. The number of nitrogens with one attached hydrogen (secondary N) is 2. The van der Waals surface area contributed by atoms with Crippen molar-refractivity contribution in [2.24, 2.45) is 11.7 Å². The molecule has 134 valence electrons. The summed E-state index contributed by atoms with van der Waals surface area (Å²) in [5, 5.41) is 5.25. The summed E-state index contributed by atoms with van der Waals surface area (Å²) in [5.41, 5.74) is 8.20. The molecule has 0 aliphatic heterocycles. The van der Waals surface area contributed by atoms with Gasteiger partial charge >= 0.3 is 0 Å². The molecule has 1 atom stereocenters. The molecule has 1 aromatic heterocycles. The number of anilines is 1. The Morgan fingerprint density at radius 1 is 1.08 bits per heavy atom. The van der Waals surface area contributed by atoms with Gasteiger partial charge in [0, 0.05) is 23.6 Å². The molecule has 1 heterocycles. The van der Waals surface area contributed by atoms with Gasteiger partial charge in [0.25, 0.3) is 0 Å². The fraction of sp³-hybridized carbons (Fsp3) is 0.294. The van der Waals surface area contributed by atoms with E-state index in [0.717, 1.165) is 11.1 Å². The molecule has 2 rings (SSSR count). The van der Waals surface area contributed by atoms with E-state index >= 15 is 0 Å². The van der Waals surface area contributed by atoms with E-state index in [-0.39, 0.29) is 36.7 Å². The molecular weight excluding hydrogens is 342 g/mol.